The number of rotatable bonds is 7. The van der Waals surface area contributed by atoms with Gasteiger partial charge in [-0.15, -0.1) is 0 Å². The third-order valence-corrected chi connectivity index (χ3v) is 6.70. The van der Waals surface area contributed by atoms with Gasteiger partial charge in [0.1, 0.15) is 17.0 Å². The van der Waals surface area contributed by atoms with E-state index in [4.69, 9.17) is 4.98 Å². The number of pyridine rings is 2. The van der Waals surface area contributed by atoms with Gasteiger partial charge < -0.3 is 20.5 Å². The van der Waals surface area contributed by atoms with Crippen molar-refractivity contribution in [3.8, 4) is 22.5 Å². The third kappa shape index (κ3) is 4.71. The number of benzene rings is 1. The van der Waals surface area contributed by atoms with Crippen LogP contribution in [0.4, 0.5) is 10.1 Å². The van der Waals surface area contributed by atoms with Crippen molar-refractivity contribution in [2.45, 2.75) is 6.42 Å². The van der Waals surface area contributed by atoms with E-state index >= 15 is 0 Å². The van der Waals surface area contributed by atoms with Crippen molar-refractivity contribution in [1.29, 1.82) is 0 Å². The highest BCUT2D eigenvalue weighted by Gasteiger charge is 2.17. The second kappa shape index (κ2) is 9.76. The van der Waals surface area contributed by atoms with Crippen LogP contribution in [0.3, 0.4) is 0 Å². The summed E-state index contributed by atoms with van der Waals surface area (Å²) in [5, 5.41) is 15.3. The molecule has 8 nitrogen and oxygen atoms in total. The Bertz CT molecular complexity index is 1610. The standard InChI is InChI=1S/C28H29FN8/c1-37(2)10-9-32-20-12-18(11-19(29)13-20)22-15-31-16-26-21(22)14-25(33-26)28-27-24(35-36-28)4-3-23(34-27)17-5-7-30-8-6-17/h3-5,11-16,30,32-33H,6-10H2,1-2H3,(H,35,36). The summed E-state index contributed by atoms with van der Waals surface area (Å²) in [7, 11) is 4.02. The van der Waals surface area contributed by atoms with E-state index < -0.39 is 0 Å². The van der Waals surface area contributed by atoms with Crippen LogP contribution in [-0.2, 0) is 0 Å². The normalized spacial score (nSPS) is 14.0. The monoisotopic (exact) mass is 496 g/mol. The molecule has 0 atom stereocenters. The number of halogens is 1. The first-order valence-corrected chi connectivity index (χ1v) is 12.5. The number of anilines is 1. The highest BCUT2D eigenvalue weighted by Crippen LogP contribution is 2.34. The van der Waals surface area contributed by atoms with Gasteiger partial charge in [0.15, 0.2) is 0 Å². The van der Waals surface area contributed by atoms with Gasteiger partial charge in [0.2, 0.25) is 0 Å². The molecule has 5 heterocycles. The number of hydrogen-bond acceptors (Lipinski definition) is 6. The molecule has 1 aromatic carbocycles. The summed E-state index contributed by atoms with van der Waals surface area (Å²) in [6.45, 7) is 3.39. The molecule has 0 saturated heterocycles. The molecule has 0 radical (unpaired) electrons. The average molecular weight is 497 g/mol. The molecule has 1 aliphatic heterocycles. The van der Waals surface area contributed by atoms with E-state index in [9.17, 15) is 4.39 Å². The quantitative estimate of drug-likeness (QED) is 0.262. The topological polar surface area (TPSA) is 97.5 Å². The Kier molecular flexibility index (Phi) is 6.15. The number of likely N-dealkylation sites (N-methyl/N-ethyl adjacent to an activating group) is 1. The zero-order valence-corrected chi connectivity index (χ0v) is 20.9. The molecule has 6 rings (SSSR count). The molecule has 9 heteroatoms. The molecule has 4 aromatic heterocycles. The summed E-state index contributed by atoms with van der Waals surface area (Å²) in [6.07, 6.45) is 6.71. The molecule has 0 spiro atoms. The van der Waals surface area contributed by atoms with E-state index in [0.29, 0.717) is 0 Å². The van der Waals surface area contributed by atoms with Crippen LogP contribution in [0.2, 0.25) is 0 Å². The summed E-state index contributed by atoms with van der Waals surface area (Å²) in [6, 6.07) is 11.2. The van der Waals surface area contributed by atoms with Crippen LogP contribution in [0, 0.1) is 5.82 Å². The molecule has 0 unspecified atom stereocenters. The lowest BCUT2D eigenvalue weighted by Crippen LogP contribution is -2.20. The molecule has 1 aliphatic rings. The first-order chi connectivity index (χ1) is 18.0. The minimum Gasteiger partial charge on any atom is -0.384 e. The highest BCUT2D eigenvalue weighted by atomic mass is 19.1. The molecular formula is C28H29FN8. The lowest BCUT2D eigenvalue weighted by Gasteiger charge is -2.13. The summed E-state index contributed by atoms with van der Waals surface area (Å²) < 4.78 is 14.6. The highest BCUT2D eigenvalue weighted by molar-refractivity contribution is 6.00. The van der Waals surface area contributed by atoms with Crippen LogP contribution in [0.1, 0.15) is 12.1 Å². The number of hydrogen-bond donors (Lipinski definition) is 4. The van der Waals surface area contributed by atoms with Crippen LogP contribution in [-0.4, -0.2) is 70.3 Å². The number of H-pyrrole nitrogens is 2. The number of aromatic amines is 2. The van der Waals surface area contributed by atoms with E-state index in [1.807, 2.05) is 38.4 Å². The van der Waals surface area contributed by atoms with Crippen molar-refractivity contribution in [3.63, 3.8) is 0 Å². The lowest BCUT2D eigenvalue weighted by atomic mass is 10.0. The van der Waals surface area contributed by atoms with Gasteiger partial charge >= 0.3 is 0 Å². The Hall–Kier alpha value is -4.08. The molecule has 37 heavy (non-hydrogen) atoms. The van der Waals surface area contributed by atoms with Crippen molar-refractivity contribution in [1.82, 2.24) is 35.4 Å². The lowest BCUT2D eigenvalue weighted by molar-refractivity contribution is 0.425. The van der Waals surface area contributed by atoms with Crippen molar-refractivity contribution in [2.75, 3.05) is 45.6 Å². The first-order valence-electron chi connectivity index (χ1n) is 12.5. The predicted molar refractivity (Wildman–Crippen MR) is 147 cm³/mol. The van der Waals surface area contributed by atoms with Gasteiger partial charge in [-0.1, -0.05) is 6.08 Å². The smallest absolute Gasteiger partial charge is 0.135 e. The van der Waals surface area contributed by atoms with Crippen LogP contribution in [0.5, 0.6) is 0 Å². The van der Waals surface area contributed by atoms with E-state index in [-0.39, 0.29) is 5.82 Å². The number of aromatic nitrogens is 5. The van der Waals surface area contributed by atoms with Gasteiger partial charge in [-0.25, -0.2) is 9.37 Å². The molecule has 4 N–H and O–H groups in total. The largest absolute Gasteiger partial charge is 0.384 e. The third-order valence-electron chi connectivity index (χ3n) is 6.70. The minimum atomic E-state index is -0.292. The summed E-state index contributed by atoms with van der Waals surface area (Å²) in [4.78, 5) is 14.9. The molecule has 0 fully saturated rings. The van der Waals surface area contributed by atoms with E-state index in [2.05, 4.69) is 41.8 Å². The van der Waals surface area contributed by atoms with Crippen molar-refractivity contribution in [3.05, 3.63) is 66.4 Å². The van der Waals surface area contributed by atoms with Gasteiger partial charge in [-0.3, -0.25) is 10.1 Å². The number of fused-ring (bicyclic) bond motifs is 2. The molecular weight excluding hydrogens is 467 g/mol. The number of nitrogens with one attached hydrogen (secondary N) is 4. The Morgan fingerprint density at radius 2 is 2.00 bits per heavy atom. The molecule has 0 aliphatic carbocycles. The second-order valence-corrected chi connectivity index (χ2v) is 9.64. The Labute approximate surface area is 214 Å². The average Bonchev–Trinajstić information content (AvgIpc) is 3.52. The van der Waals surface area contributed by atoms with Crippen LogP contribution in [0.15, 0.2) is 54.9 Å². The Morgan fingerprint density at radius 3 is 2.84 bits per heavy atom. The van der Waals surface area contributed by atoms with Gasteiger partial charge in [-0.2, -0.15) is 5.10 Å². The van der Waals surface area contributed by atoms with E-state index in [0.717, 1.165) is 88.4 Å². The van der Waals surface area contributed by atoms with Crippen molar-refractivity contribution < 1.29 is 4.39 Å². The maximum absolute atomic E-state index is 14.6. The van der Waals surface area contributed by atoms with Crippen molar-refractivity contribution >= 4 is 33.2 Å². The zero-order valence-electron chi connectivity index (χ0n) is 20.9. The fourth-order valence-electron chi connectivity index (χ4n) is 4.80. The summed E-state index contributed by atoms with van der Waals surface area (Å²) >= 11 is 0. The van der Waals surface area contributed by atoms with Gasteiger partial charge in [-0.05, 0) is 74.6 Å². The molecule has 0 saturated carbocycles. The predicted octanol–water partition coefficient (Wildman–Crippen LogP) is 4.66. The Balaban J connectivity index is 1.39. The maximum Gasteiger partial charge on any atom is 0.135 e. The second-order valence-electron chi connectivity index (χ2n) is 9.64. The molecule has 0 amide bonds. The van der Waals surface area contributed by atoms with Crippen LogP contribution >= 0.6 is 0 Å². The minimum absolute atomic E-state index is 0.292. The van der Waals surface area contributed by atoms with Gasteiger partial charge in [0.05, 0.1) is 28.6 Å². The van der Waals surface area contributed by atoms with Gasteiger partial charge in [0, 0.05) is 42.5 Å². The number of nitrogens with zero attached hydrogens (tertiary/aromatic N) is 4. The maximum atomic E-state index is 14.6. The SMILES string of the molecule is CN(C)CCNc1cc(F)cc(-c2cncc3[nH]c(-c4n[nH]c5ccc(C6=CCNCC6)nc45)cc23)c1. The van der Waals surface area contributed by atoms with Crippen LogP contribution < -0.4 is 10.6 Å². The zero-order chi connectivity index (χ0) is 25.4. The molecule has 5 aromatic rings. The van der Waals surface area contributed by atoms with Crippen molar-refractivity contribution in [2.24, 2.45) is 0 Å². The molecule has 188 valence electrons. The fraction of sp³-hybridized carbons (Fsp3) is 0.250. The van der Waals surface area contributed by atoms with Gasteiger partial charge in [0.25, 0.3) is 0 Å². The van der Waals surface area contributed by atoms with Crippen LogP contribution in [0.25, 0.3) is 50.0 Å². The fourth-order valence-corrected chi connectivity index (χ4v) is 4.80. The Morgan fingerprint density at radius 1 is 1.08 bits per heavy atom. The van der Waals surface area contributed by atoms with E-state index in [1.165, 1.54) is 11.6 Å². The van der Waals surface area contributed by atoms with E-state index in [1.54, 1.807) is 18.5 Å². The molecule has 0 bridgehead atoms. The summed E-state index contributed by atoms with van der Waals surface area (Å²) in [5.41, 5.74) is 8.71. The summed E-state index contributed by atoms with van der Waals surface area (Å²) in [5.74, 6) is -0.292. The first kappa shape index (κ1) is 23.3.